The fourth-order valence-electron chi connectivity index (χ4n) is 0.907. The van der Waals surface area contributed by atoms with Crippen molar-refractivity contribution in [2.45, 2.75) is 6.92 Å². The SMILES string of the molecule is Cc1cnc(-c2nc(N)cs2)cn1. The van der Waals surface area contributed by atoms with E-state index in [1.54, 1.807) is 17.8 Å². The van der Waals surface area contributed by atoms with Crippen LogP contribution in [0.5, 0.6) is 0 Å². The number of aryl methyl sites for hydroxylation is 1. The van der Waals surface area contributed by atoms with E-state index in [9.17, 15) is 0 Å². The predicted molar refractivity (Wildman–Crippen MR) is 52.3 cm³/mol. The van der Waals surface area contributed by atoms with E-state index >= 15 is 0 Å². The van der Waals surface area contributed by atoms with Crippen LogP contribution in [-0.2, 0) is 0 Å². The Morgan fingerprint density at radius 1 is 1.31 bits per heavy atom. The number of anilines is 1. The smallest absolute Gasteiger partial charge is 0.145 e. The summed E-state index contributed by atoms with van der Waals surface area (Å²) in [5.41, 5.74) is 7.16. The van der Waals surface area contributed by atoms with Gasteiger partial charge in [-0.05, 0) is 6.92 Å². The highest BCUT2D eigenvalue weighted by atomic mass is 32.1. The van der Waals surface area contributed by atoms with Crippen LogP contribution in [0.1, 0.15) is 5.69 Å². The molecule has 0 bridgehead atoms. The van der Waals surface area contributed by atoms with E-state index in [4.69, 9.17) is 5.73 Å². The highest BCUT2D eigenvalue weighted by Gasteiger charge is 2.03. The largest absolute Gasteiger partial charge is 0.383 e. The molecule has 2 N–H and O–H groups in total. The average Bonchev–Trinajstić information content (AvgIpc) is 2.53. The van der Waals surface area contributed by atoms with Crippen molar-refractivity contribution < 1.29 is 0 Å². The minimum atomic E-state index is 0.530. The molecule has 0 spiro atoms. The number of nitrogen functional groups attached to an aromatic ring is 1. The van der Waals surface area contributed by atoms with Gasteiger partial charge in [-0.15, -0.1) is 11.3 Å². The van der Waals surface area contributed by atoms with Crippen LogP contribution >= 0.6 is 11.3 Å². The molecule has 0 saturated heterocycles. The van der Waals surface area contributed by atoms with Crippen LogP contribution in [0, 0.1) is 6.92 Å². The Labute approximate surface area is 79.5 Å². The summed E-state index contributed by atoms with van der Waals surface area (Å²) in [6, 6.07) is 0. The van der Waals surface area contributed by atoms with E-state index in [-0.39, 0.29) is 0 Å². The summed E-state index contributed by atoms with van der Waals surface area (Å²) >= 11 is 1.47. The van der Waals surface area contributed by atoms with Gasteiger partial charge < -0.3 is 5.73 Å². The molecule has 0 atom stereocenters. The maximum Gasteiger partial charge on any atom is 0.145 e. The Morgan fingerprint density at radius 3 is 2.69 bits per heavy atom. The van der Waals surface area contributed by atoms with E-state index in [0.717, 1.165) is 16.4 Å². The Bertz CT molecular complexity index is 406. The van der Waals surface area contributed by atoms with Crippen LogP contribution in [0.2, 0.25) is 0 Å². The molecular formula is C8H8N4S. The van der Waals surface area contributed by atoms with Gasteiger partial charge in [0.15, 0.2) is 0 Å². The molecule has 0 unspecified atom stereocenters. The molecule has 0 aliphatic rings. The van der Waals surface area contributed by atoms with Crippen molar-refractivity contribution in [3.8, 4) is 10.7 Å². The van der Waals surface area contributed by atoms with Gasteiger partial charge in [0.25, 0.3) is 0 Å². The standard InChI is InChI=1S/C8H8N4S/c1-5-2-11-6(3-10-5)8-12-7(9)4-13-8/h2-4H,9H2,1H3. The van der Waals surface area contributed by atoms with Gasteiger partial charge in [-0.3, -0.25) is 9.97 Å². The summed E-state index contributed by atoms with van der Waals surface area (Å²) in [6.07, 6.45) is 3.42. The van der Waals surface area contributed by atoms with Crippen molar-refractivity contribution in [2.24, 2.45) is 0 Å². The second-order valence-corrected chi connectivity index (χ2v) is 3.48. The fourth-order valence-corrected chi connectivity index (χ4v) is 1.58. The van der Waals surface area contributed by atoms with Crippen LogP contribution in [0.15, 0.2) is 17.8 Å². The number of rotatable bonds is 1. The maximum absolute atomic E-state index is 5.50. The van der Waals surface area contributed by atoms with Crippen molar-refractivity contribution >= 4 is 17.2 Å². The number of nitrogens with two attached hydrogens (primary N) is 1. The lowest BCUT2D eigenvalue weighted by atomic mass is 10.4. The number of hydrogen-bond donors (Lipinski definition) is 1. The summed E-state index contributed by atoms with van der Waals surface area (Å²) in [4.78, 5) is 12.4. The molecule has 0 aliphatic heterocycles. The first-order valence-electron chi connectivity index (χ1n) is 3.76. The average molecular weight is 192 g/mol. The predicted octanol–water partition coefficient (Wildman–Crippen LogP) is 1.49. The number of thiazole rings is 1. The van der Waals surface area contributed by atoms with Gasteiger partial charge >= 0.3 is 0 Å². The van der Waals surface area contributed by atoms with Gasteiger partial charge in [0.05, 0.1) is 11.9 Å². The van der Waals surface area contributed by atoms with Crippen molar-refractivity contribution in [1.29, 1.82) is 0 Å². The topological polar surface area (TPSA) is 64.7 Å². The van der Waals surface area contributed by atoms with Gasteiger partial charge in [0.2, 0.25) is 0 Å². The van der Waals surface area contributed by atoms with E-state index < -0.39 is 0 Å². The molecule has 0 fully saturated rings. The third kappa shape index (κ3) is 1.65. The number of aromatic nitrogens is 3. The first-order chi connectivity index (χ1) is 6.25. The normalized spacial score (nSPS) is 10.2. The van der Waals surface area contributed by atoms with E-state index in [1.165, 1.54) is 11.3 Å². The summed E-state index contributed by atoms with van der Waals surface area (Å²) in [7, 11) is 0. The molecule has 0 radical (unpaired) electrons. The molecular weight excluding hydrogens is 184 g/mol. The summed E-state index contributed by atoms with van der Waals surface area (Å²) < 4.78 is 0. The number of hydrogen-bond acceptors (Lipinski definition) is 5. The lowest BCUT2D eigenvalue weighted by molar-refractivity contribution is 1.12. The molecule has 4 nitrogen and oxygen atoms in total. The van der Waals surface area contributed by atoms with Crippen LogP contribution in [-0.4, -0.2) is 15.0 Å². The minimum absolute atomic E-state index is 0.530. The fraction of sp³-hybridized carbons (Fsp3) is 0.125. The highest BCUT2D eigenvalue weighted by molar-refractivity contribution is 7.13. The molecule has 5 heteroatoms. The van der Waals surface area contributed by atoms with E-state index in [2.05, 4.69) is 15.0 Å². The lowest BCUT2D eigenvalue weighted by Crippen LogP contribution is -1.88. The Hall–Kier alpha value is -1.49. The zero-order valence-corrected chi connectivity index (χ0v) is 7.88. The van der Waals surface area contributed by atoms with Gasteiger partial charge in [0, 0.05) is 11.6 Å². The lowest BCUT2D eigenvalue weighted by Gasteiger charge is -1.94. The molecule has 66 valence electrons. The molecule has 0 aliphatic carbocycles. The third-order valence-corrected chi connectivity index (χ3v) is 2.41. The summed E-state index contributed by atoms with van der Waals surface area (Å²) in [6.45, 7) is 1.90. The van der Waals surface area contributed by atoms with Crippen LogP contribution in [0.3, 0.4) is 0 Å². The minimum Gasteiger partial charge on any atom is -0.383 e. The second kappa shape index (κ2) is 3.10. The van der Waals surface area contributed by atoms with Crippen molar-refractivity contribution in [2.75, 3.05) is 5.73 Å². The van der Waals surface area contributed by atoms with Crippen LogP contribution in [0.4, 0.5) is 5.82 Å². The summed E-state index contributed by atoms with van der Waals surface area (Å²) in [5.74, 6) is 0.530. The van der Waals surface area contributed by atoms with Gasteiger partial charge in [0.1, 0.15) is 16.5 Å². The second-order valence-electron chi connectivity index (χ2n) is 2.62. The number of nitrogens with zero attached hydrogens (tertiary/aromatic N) is 3. The Kier molecular flexibility index (Phi) is 1.94. The molecule has 0 aromatic carbocycles. The van der Waals surface area contributed by atoms with Gasteiger partial charge in [-0.1, -0.05) is 0 Å². The molecule has 2 heterocycles. The zero-order valence-electron chi connectivity index (χ0n) is 7.06. The van der Waals surface area contributed by atoms with E-state index in [1.807, 2.05) is 6.92 Å². The van der Waals surface area contributed by atoms with Gasteiger partial charge in [-0.2, -0.15) is 0 Å². The zero-order chi connectivity index (χ0) is 9.26. The highest BCUT2D eigenvalue weighted by Crippen LogP contribution is 2.21. The molecule has 2 aromatic rings. The quantitative estimate of drug-likeness (QED) is 0.743. The van der Waals surface area contributed by atoms with E-state index in [0.29, 0.717) is 5.82 Å². The molecule has 0 saturated carbocycles. The van der Waals surface area contributed by atoms with Crippen molar-refractivity contribution in [3.63, 3.8) is 0 Å². The molecule has 13 heavy (non-hydrogen) atoms. The van der Waals surface area contributed by atoms with Crippen molar-refractivity contribution in [3.05, 3.63) is 23.5 Å². The molecule has 2 rings (SSSR count). The summed E-state index contributed by atoms with van der Waals surface area (Å²) in [5, 5.41) is 2.60. The van der Waals surface area contributed by atoms with Crippen molar-refractivity contribution in [1.82, 2.24) is 15.0 Å². The first-order valence-corrected chi connectivity index (χ1v) is 4.64. The maximum atomic E-state index is 5.50. The Morgan fingerprint density at radius 2 is 2.15 bits per heavy atom. The van der Waals surface area contributed by atoms with Crippen LogP contribution < -0.4 is 5.73 Å². The third-order valence-electron chi connectivity index (χ3n) is 1.52. The first kappa shape index (κ1) is 8.12. The molecule has 2 aromatic heterocycles. The van der Waals surface area contributed by atoms with Crippen LogP contribution in [0.25, 0.3) is 10.7 Å². The monoisotopic (exact) mass is 192 g/mol. The molecule has 0 amide bonds. The Balaban J connectivity index is 2.41. The van der Waals surface area contributed by atoms with Gasteiger partial charge in [-0.25, -0.2) is 4.98 Å².